The predicted octanol–water partition coefficient (Wildman–Crippen LogP) is 4.02. The van der Waals surface area contributed by atoms with E-state index in [0.717, 1.165) is 45.3 Å². The Balaban J connectivity index is 1.67. The number of amides is 2. The van der Waals surface area contributed by atoms with Crippen LogP contribution in [0, 0.1) is 0 Å². The molecule has 2 aliphatic heterocycles. The molecule has 2 aliphatic rings. The van der Waals surface area contributed by atoms with E-state index in [0.29, 0.717) is 22.9 Å². The fraction of sp³-hybridized carbons (Fsp3) is 0.636. The minimum absolute atomic E-state index is 0.0275. The summed E-state index contributed by atoms with van der Waals surface area (Å²) in [6.07, 6.45) is 6.73. The van der Waals surface area contributed by atoms with Gasteiger partial charge in [0.05, 0.1) is 16.0 Å². The zero-order valence-electron chi connectivity index (χ0n) is 17.2. The Morgan fingerprint density at radius 1 is 1.21 bits per heavy atom. The van der Waals surface area contributed by atoms with Crippen LogP contribution in [0.3, 0.4) is 0 Å². The molecule has 0 radical (unpaired) electrons. The Morgan fingerprint density at radius 3 is 2.69 bits per heavy atom. The molecule has 1 aromatic rings. The average molecular weight is 438 g/mol. The lowest BCUT2D eigenvalue weighted by molar-refractivity contribution is -0.124. The van der Waals surface area contributed by atoms with Gasteiger partial charge < -0.3 is 15.1 Å². The molecule has 1 N–H and O–H groups in total. The van der Waals surface area contributed by atoms with E-state index in [-0.39, 0.29) is 17.2 Å². The first-order valence-corrected chi connectivity index (χ1v) is 12.2. The number of nitrogens with zero attached hydrogens (tertiary/aromatic N) is 2. The molecule has 5 nitrogen and oxygen atoms in total. The smallest absolute Gasteiger partial charge is 0.256 e. The number of thioether (sulfide) groups is 1. The minimum Gasteiger partial charge on any atom is -0.353 e. The molecule has 29 heavy (non-hydrogen) atoms. The summed E-state index contributed by atoms with van der Waals surface area (Å²) in [4.78, 5) is 30.5. The van der Waals surface area contributed by atoms with Gasteiger partial charge in [0, 0.05) is 18.8 Å². The van der Waals surface area contributed by atoms with Crippen LogP contribution in [0.4, 0.5) is 0 Å². The van der Waals surface area contributed by atoms with Crippen molar-refractivity contribution in [2.45, 2.75) is 56.9 Å². The summed E-state index contributed by atoms with van der Waals surface area (Å²) in [5.74, 6) is 0.458. The molecule has 0 bridgehead atoms. The van der Waals surface area contributed by atoms with Crippen LogP contribution in [-0.4, -0.2) is 65.0 Å². The number of carbonyl (C=O) groups is 2. The summed E-state index contributed by atoms with van der Waals surface area (Å²) in [6, 6.07) is 6.68. The predicted molar refractivity (Wildman–Crippen MR) is 120 cm³/mol. The summed E-state index contributed by atoms with van der Waals surface area (Å²) in [6.45, 7) is 5.92. The molecule has 2 amide bonds. The van der Waals surface area contributed by atoms with E-state index in [1.807, 2.05) is 12.1 Å². The van der Waals surface area contributed by atoms with Crippen molar-refractivity contribution in [1.29, 1.82) is 0 Å². The van der Waals surface area contributed by atoms with Gasteiger partial charge >= 0.3 is 0 Å². The van der Waals surface area contributed by atoms with Crippen molar-refractivity contribution in [3.05, 3.63) is 34.9 Å². The fourth-order valence-electron chi connectivity index (χ4n) is 4.06. The average Bonchev–Trinajstić information content (AvgIpc) is 3.38. The van der Waals surface area contributed by atoms with Gasteiger partial charge in [-0.3, -0.25) is 9.59 Å². The monoisotopic (exact) mass is 437 g/mol. The van der Waals surface area contributed by atoms with E-state index in [1.54, 1.807) is 28.8 Å². The topological polar surface area (TPSA) is 52.7 Å². The van der Waals surface area contributed by atoms with Crippen molar-refractivity contribution >= 4 is 35.2 Å². The zero-order chi connectivity index (χ0) is 20.6. The number of nitrogens with one attached hydrogen (secondary N) is 1. The van der Waals surface area contributed by atoms with Gasteiger partial charge in [0.1, 0.15) is 6.04 Å². The van der Waals surface area contributed by atoms with Crippen LogP contribution < -0.4 is 5.32 Å². The maximum absolute atomic E-state index is 13.3. The molecular formula is C22H32ClN3O2S. The van der Waals surface area contributed by atoms with Crippen molar-refractivity contribution in [2.24, 2.45) is 0 Å². The van der Waals surface area contributed by atoms with Crippen molar-refractivity contribution < 1.29 is 9.59 Å². The van der Waals surface area contributed by atoms with Crippen LogP contribution in [0.2, 0.25) is 5.02 Å². The number of carbonyl (C=O) groups excluding carboxylic acids is 2. The lowest BCUT2D eigenvalue weighted by Gasteiger charge is -2.29. The summed E-state index contributed by atoms with van der Waals surface area (Å²) < 4.78 is 0. The molecule has 0 aliphatic carbocycles. The zero-order valence-corrected chi connectivity index (χ0v) is 18.8. The highest BCUT2D eigenvalue weighted by Crippen LogP contribution is 2.35. The van der Waals surface area contributed by atoms with Crippen LogP contribution in [0.5, 0.6) is 0 Å². The third-order valence-corrected chi connectivity index (χ3v) is 7.40. The van der Waals surface area contributed by atoms with Crippen molar-refractivity contribution in [3.8, 4) is 0 Å². The number of hydrogen-bond donors (Lipinski definition) is 1. The number of unbranched alkanes of at least 4 members (excludes halogenated alkanes) is 2. The number of halogens is 1. The van der Waals surface area contributed by atoms with Gasteiger partial charge in [-0.15, -0.1) is 11.8 Å². The highest BCUT2D eigenvalue weighted by atomic mass is 35.5. The van der Waals surface area contributed by atoms with E-state index in [4.69, 9.17) is 11.6 Å². The molecule has 3 rings (SSSR count). The second-order valence-electron chi connectivity index (χ2n) is 7.83. The molecule has 7 heteroatoms. The van der Waals surface area contributed by atoms with Gasteiger partial charge in [0.2, 0.25) is 5.91 Å². The maximum Gasteiger partial charge on any atom is 0.256 e. The first-order chi connectivity index (χ1) is 14.1. The minimum atomic E-state index is -0.436. The van der Waals surface area contributed by atoms with Crippen molar-refractivity contribution in [1.82, 2.24) is 15.1 Å². The third-order valence-electron chi connectivity index (χ3n) is 5.71. The van der Waals surface area contributed by atoms with Crippen LogP contribution in [0.15, 0.2) is 24.3 Å². The van der Waals surface area contributed by atoms with Crippen molar-refractivity contribution in [3.63, 3.8) is 0 Å². The van der Waals surface area contributed by atoms with Crippen LogP contribution in [0.25, 0.3) is 0 Å². The molecule has 2 fully saturated rings. The van der Waals surface area contributed by atoms with Gasteiger partial charge in [-0.2, -0.15) is 0 Å². The van der Waals surface area contributed by atoms with Crippen molar-refractivity contribution in [2.75, 3.05) is 31.9 Å². The normalized spacial score (nSPS) is 22.2. The van der Waals surface area contributed by atoms with Gasteiger partial charge in [0.15, 0.2) is 0 Å². The molecule has 1 aromatic carbocycles. The van der Waals surface area contributed by atoms with E-state index in [9.17, 15) is 9.59 Å². The van der Waals surface area contributed by atoms with Gasteiger partial charge in [-0.05, 0) is 44.5 Å². The van der Waals surface area contributed by atoms with E-state index in [1.165, 1.54) is 12.8 Å². The highest BCUT2D eigenvalue weighted by molar-refractivity contribution is 8.00. The molecule has 2 saturated heterocycles. The Morgan fingerprint density at radius 2 is 1.97 bits per heavy atom. The third kappa shape index (κ3) is 5.89. The van der Waals surface area contributed by atoms with E-state index in [2.05, 4.69) is 17.1 Å². The summed E-state index contributed by atoms with van der Waals surface area (Å²) in [7, 11) is 0. The Hall–Kier alpha value is -1.24. The summed E-state index contributed by atoms with van der Waals surface area (Å²) >= 11 is 8.01. The quantitative estimate of drug-likeness (QED) is 0.593. The summed E-state index contributed by atoms with van der Waals surface area (Å²) in [5, 5.41) is 3.54. The molecule has 160 valence electrons. The molecule has 0 spiro atoms. The largest absolute Gasteiger partial charge is 0.353 e. The lowest BCUT2D eigenvalue weighted by atomic mass is 10.1. The number of rotatable bonds is 9. The number of likely N-dealkylation sites (tertiary alicyclic amines) is 1. The fourth-order valence-corrected chi connectivity index (χ4v) is 5.73. The van der Waals surface area contributed by atoms with Gasteiger partial charge in [-0.1, -0.05) is 49.9 Å². The highest BCUT2D eigenvalue weighted by Gasteiger charge is 2.41. The van der Waals surface area contributed by atoms with Gasteiger partial charge in [0.25, 0.3) is 5.91 Å². The lowest BCUT2D eigenvalue weighted by Crippen LogP contribution is -2.50. The van der Waals surface area contributed by atoms with Gasteiger partial charge in [-0.25, -0.2) is 0 Å². The first kappa shape index (κ1) is 22.4. The standard InChI is InChI=1S/C22H32ClN3O2S/c1-2-3-4-11-20-26(22(28)17-9-5-6-10-18(17)23)19(16-29-20)21(27)24-12-15-25-13-7-8-14-25/h5-6,9-10,19-20H,2-4,7-8,11-16H2,1H3,(H,24,27). The Labute approximate surface area is 183 Å². The van der Waals surface area contributed by atoms with Crippen LogP contribution >= 0.6 is 23.4 Å². The second kappa shape index (κ2) is 11.2. The first-order valence-electron chi connectivity index (χ1n) is 10.8. The Kier molecular flexibility index (Phi) is 8.69. The molecule has 2 atom stereocenters. The number of hydrogen-bond acceptors (Lipinski definition) is 4. The van der Waals surface area contributed by atoms with E-state index < -0.39 is 6.04 Å². The van der Waals surface area contributed by atoms with Crippen LogP contribution in [0.1, 0.15) is 55.8 Å². The number of benzene rings is 1. The SMILES string of the molecule is CCCCCC1SCC(C(=O)NCCN2CCCC2)N1C(=O)c1ccccc1Cl. The molecular weight excluding hydrogens is 406 g/mol. The Bertz CT molecular complexity index is 696. The summed E-state index contributed by atoms with van der Waals surface area (Å²) in [5.41, 5.74) is 0.479. The second-order valence-corrected chi connectivity index (χ2v) is 9.45. The molecule has 2 heterocycles. The molecule has 2 unspecified atom stereocenters. The van der Waals surface area contributed by atoms with E-state index >= 15 is 0 Å². The molecule has 0 saturated carbocycles. The maximum atomic E-state index is 13.3. The van der Waals surface area contributed by atoms with Crippen LogP contribution in [-0.2, 0) is 4.79 Å². The molecule has 0 aromatic heterocycles.